The summed E-state index contributed by atoms with van der Waals surface area (Å²) < 4.78 is 95.9. The van der Waals surface area contributed by atoms with Gasteiger partial charge in [0.1, 0.15) is 23.1 Å². The topological polar surface area (TPSA) is 123 Å². The van der Waals surface area contributed by atoms with Gasteiger partial charge in [-0.1, -0.05) is 25.1 Å². The molecule has 46 heavy (non-hydrogen) atoms. The van der Waals surface area contributed by atoms with E-state index in [9.17, 15) is 35.9 Å². The molecule has 246 valence electrons. The van der Waals surface area contributed by atoms with Gasteiger partial charge in [-0.2, -0.15) is 17.5 Å². The summed E-state index contributed by atoms with van der Waals surface area (Å²) in [6, 6.07) is 9.86. The largest absolute Gasteiger partial charge is 0.490 e. The minimum Gasteiger partial charge on any atom is -0.490 e. The number of halogens is 4. The molecule has 0 saturated carbocycles. The van der Waals surface area contributed by atoms with Gasteiger partial charge >= 0.3 is 12.1 Å². The van der Waals surface area contributed by atoms with Gasteiger partial charge in [0.2, 0.25) is 15.8 Å². The number of aryl methyl sites for hydroxylation is 2. The molecule has 0 amide bonds. The first kappa shape index (κ1) is 33.3. The average molecular weight is 665 g/mol. The molecule has 10 nitrogen and oxygen atoms in total. The molecular formula is C31H32F4N4O6S. The van der Waals surface area contributed by atoms with Crippen LogP contribution < -0.4 is 4.74 Å². The summed E-state index contributed by atoms with van der Waals surface area (Å²) in [5.74, 6) is -4.98. The number of benzene rings is 2. The molecule has 0 radical (unpaired) electrons. The van der Waals surface area contributed by atoms with E-state index >= 15 is 0 Å². The number of hydrogen-bond acceptors (Lipinski definition) is 7. The van der Waals surface area contributed by atoms with Crippen LogP contribution in [0.2, 0.25) is 0 Å². The Labute approximate surface area is 262 Å². The van der Waals surface area contributed by atoms with Crippen LogP contribution in [-0.2, 0) is 32.3 Å². The Hall–Kier alpha value is -4.08. The van der Waals surface area contributed by atoms with Crippen molar-refractivity contribution < 1.29 is 45.4 Å². The Morgan fingerprint density at radius 1 is 1.07 bits per heavy atom. The fourth-order valence-electron chi connectivity index (χ4n) is 5.63. The number of ether oxygens (including phenoxy) is 2. The van der Waals surface area contributed by atoms with Crippen molar-refractivity contribution in [1.82, 2.24) is 18.9 Å². The Kier molecular flexibility index (Phi) is 9.38. The molecule has 2 atom stereocenters. The van der Waals surface area contributed by atoms with Crippen LogP contribution >= 0.6 is 0 Å². The first-order valence-electron chi connectivity index (χ1n) is 14.4. The van der Waals surface area contributed by atoms with Crippen molar-refractivity contribution >= 4 is 21.6 Å². The standard InChI is InChI=1S/C31H32F4N4O6S/c1-18-5-6-21(27(20(3)29(40)41)24-9-11-39-28(19(24)2)36-37-30(39)31(33,34)35)15-22(18)17-38-10-4-12-44-13-14-45-25-8-7-23(32)16-26(25)46(38,42)43/h5-9,11,15-16,20,27H,4,10,12-14,17H2,1-3H3,(H,40,41)/t20?,27-/m0/s1. The number of sulfonamides is 1. The number of nitrogens with zero attached hydrogens (tertiary/aromatic N) is 4. The van der Waals surface area contributed by atoms with Gasteiger partial charge in [0.25, 0.3) is 0 Å². The summed E-state index contributed by atoms with van der Waals surface area (Å²) in [6.07, 6.45) is -3.24. The molecule has 0 aliphatic carbocycles. The van der Waals surface area contributed by atoms with Crippen molar-refractivity contribution in [2.24, 2.45) is 5.92 Å². The molecule has 1 N–H and O–H groups in total. The van der Waals surface area contributed by atoms with E-state index in [0.717, 1.165) is 16.5 Å². The minimum atomic E-state index is -4.75. The van der Waals surface area contributed by atoms with Crippen molar-refractivity contribution in [3.8, 4) is 5.75 Å². The first-order valence-corrected chi connectivity index (χ1v) is 15.9. The maximum Gasteiger partial charge on any atom is 0.452 e. The van der Waals surface area contributed by atoms with Crippen molar-refractivity contribution in [2.75, 3.05) is 26.4 Å². The minimum absolute atomic E-state index is 0.00857. The second-order valence-corrected chi connectivity index (χ2v) is 13.1. The van der Waals surface area contributed by atoms with E-state index in [1.165, 1.54) is 29.6 Å². The van der Waals surface area contributed by atoms with E-state index in [4.69, 9.17) is 9.47 Å². The van der Waals surface area contributed by atoms with Crippen LogP contribution in [0.1, 0.15) is 52.9 Å². The van der Waals surface area contributed by atoms with Gasteiger partial charge in [0.15, 0.2) is 5.65 Å². The highest BCUT2D eigenvalue weighted by molar-refractivity contribution is 7.89. The lowest BCUT2D eigenvalue weighted by atomic mass is 9.79. The number of hydrogen-bond donors (Lipinski definition) is 1. The van der Waals surface area contributed by atoms with Crippen LogP contribution in [-0.4, -0.2) is 64.8 Å². The lowest BCUT2D eigenvalue weighted by Crippen LogP contribution is -2.33. The van der Waals surface area contributed by atoms with Gasteiger partial charge in [-0.3, -0.25) is 9.20 Å². The molecule has 2 aromatic carbocycles. The highest BCUT2D eigenvalue weighted by atomic mass is 32.2. The molecule has 4 aromatic rings. The van der Waals surface area contributed by atoms with Gasteiger partial charge in [0.05, 0.1) is 12.5 Å². The SMILES string of the molecule is Cc1ccc([C@@H](c2ccn3c(C(F)(F)F)nnc3c2C)C(C)C(=O)O)cc1CN1CCCOCCOc2ccc(F)cc2S1(=O)=O. The number of pyridine rings is 1. The van der Waals surface area contributed by atoms with E-state index in [0.29, 0.717) is 34.2 Å². The van der Waals surface area contributed by atoms with Crippen LogP contribution in [0.15, 0.2) is 53.6 Å². The molecule has 5 rings (SSSR count). The van der Waals surface area contributed by atoms with Crippen LogP contribution in [0.4, 0.5) is 17.6 Å². The molecule has 0 saturated heterocycles. The van der Waals surface area contributed by atoms with Gasteiger partial charge in [-0.05, 0) is 72.4 Å². The Morgan fingerprint density at radius 2 is 1.83 bits per heavy atom. The molecule has 0 fully saturated rings. The van der Waals surface area contributed by atoms with Gasteiger partial charge in [-0.15, -0.1) is 10.2 Å². The summed E-state index contributed by atoms with van der Waals surface area (Å²) in [6.45, 7) is 5.29. The summed E-state index contributed by atoms with van der Waals surface area (Å²) in [4.78, 5) is 12.0. The predicted molar refractivity (Wildman–Crippen MR) is 157 cm³/mol. The third-order valence-electron chi connectivity index (χ3n) is 8.13. The van der Waals surface area contributed by atoms with E-state index in [1.54, 1.807) is 32.0 Å². The first-order chi connectivity index (χ1) is 21.7. The Bertz CT molecular complexity index is 1880. The lowest BCUT2D eigenvalue weighted by Gasteiger charge is -2.27. The number of carbonyl (C=O) groups is 1. The zero-order valence-electron chi connectivity index (χ0n) is 25.2. The predicted octanol–water partition coefficient (Wildman–Crippen LogP) is 5.35. The number of carboxylic acid groups (broad SMARTS) is 1. The van der Waals surface area contributed by atoms with E-state index < -0.39 is 45.6 Å². The van der Waals surface area contributed by atoms with E-state index in [1.807, 2.05) is 0 Å². The third-order valence-corrected chi connectivity index (χ3v) is 10.00. The second-order valence-electron chi connectivity index (χ2n) is 11.1. The van der Waals surface area contributed by atoms with E-state index in [2.05, 4.69) is 10.2 Å². The maximum absolute atomic E-state index is 14.3. The smallest absolute Gasteiger partial charge is 0.452 e. The van der Waals surface area contributed by atoms with Gasteiger partial charge in [-0.25, -0.2) is 12.8 Å². The Morgan fingerprint density at radius 3 is 2.54 bits per heavy atom. The summed E-state index contributed by atoms with van der Waals surface area (Å²) >= 11 is 0. The number of aliphatic carboxylic acids is 1. The highest BCUT2D eigenvalue weighted by Crippen LogP contribution is 2.38. The number of aromatic nitrogens is 3. The average Bonchev–Trinajstić information content (AvgIpc) is 3.44. The lowest BCUT2D eigenvalue weighted by molar-refractivity contribution is -0.145. The van der Waals surface area contributed by atoms with Gasteiger partial charge in [0, 0.05) is 31.8 Å². The Balaban J connectivity index is 1.59. The molecule has 2 aromatic heterocycles. The number of fused-ring (bicyclic) bond motifs is 2. The zero-order valence-corrected chi connectivity index (χ0v) is 26.0. The molecule has 0 spiro atoms. The van der Waals surface area contributed by atoms with Crippen LogP contribution in [0.5, 0.6) is 5.75 Å². The van der Waals surface area contributed by atoms with Crippen molar-refractivity contribution in [2.45, 2.75) is 50.7 Å². The summed E-state index contributed by atoms with van der Waals surface area (Å²) in [7, 11) is -4.28. The molecule has 1 unspecified atom stereocenters. The van der Waals surface area contributed by atoms with Crippen LogP contribution in [0.3, 0.4) is 0 Å². The highest BCUT2D eigenvalue weighted by Gasteiger charge is 2.38. The molecule has 15 heteroatoms. The molecule has 3 heterocycles. The summed E-state index contributed by atoms with van der Waals surface area (Å²) in [5.41, 5.74) is 2.45. The van der Waals surface area contributed by atoms with Crippen molar-refractivity contribution in [3.05, 3.63) is 88.1 Å². The fourth-order valence-corrected chi connectivity index (χ4v) is 7.23. The van der Waals surface area contributed by atoms with Crippen LogP contribution in [0.25, 0.3) is 5.65 Å². The number of rotatable bonds is 6. The number of carboxylic acids is 1. The van der Waals surface area contributed by atoms with Crippen LogP contribution in [0, 0.1) is 25.6 Å². The third kappa shape index (κ3) is 6.57. The fraction of sp³-hybridized carbons (Fsp3) is 0.387. The monoisotopic (exact) mass is 664 g/mol. The van der Waals surface area contributed by atoms with E-state index in [-0.39, 0.29) is 49.2 Å². The van der Waals surface area contributed by atoms with Crippen molar-refractivity contribution in [1.29, 1.82) is 0 Å². The quantitative estimate of drug-likeness (QED) is 0.274. The second kappa shape index (κ2) is 13.0. The summed E-state index contributed by atoms with van der Waals surface area (Å²) in [5, 5.41) is 17.1. The maximum atomic E-state index is 14.3. The normalized spacial score (nSPS) is 17.5. The zero-order chi connectivity index (χ0) is 33.4. The molecule has 0 bridgehead atoms. The van der Waals surface area contributed by atoms with Crippen molar-refractivity contribution in [3.63, 3.8) is 0 Å². The number of alkyl halides is 3. The molecular weight excluding hydrogens is 632 g/mol. The molecule has 1 aliphatic heterocycles. The van der Waals surface area contributed by atoms with Gasteiger partial charge < -0.3 is 14.6 Å². The molecule has 1 aliphatic rings.